The summed E-state index contributed by atoms with van der Waals surface area (Å²) in [7, 11) is 0. The number of carbonyl (C=O) groups is 2. The van der Waals surface area contributed by atoms with Gasteiger partial charge in [-0.25, -0.2) is 9.18 Å². The van der Waals surface area contributed by atoms with E-state index in [4.69, 9.17) is 4.74 Å². The van der Waals surface area contributed by atoms with Gasteiger partial charge in [0, 0.05) is 26.1 Å². The lowest BCUT2D eigenvalue weighted by Gasteiger charge is -2.43. The summed E-state index contributed by atoms with van der Waals surface area (Å²) in [5, 5.41) is 13.2. The monoisotopic (exact) mass is 438 g/mol. The number of nitrogens with zero attached hydrogens (tertiary/aromatic N) is 1. The second kappa shape index (κ2) is 9.53. The van der Waals surface area contributed by atoms with Gasteiger partial charge in [-0.2, -0.15) is 0 Å². The summed E-state index contributed by atoms with van der Waals surface area (Å²) in [5.74, 6) is -0.604. The highest BCUT2D eigenvalue weighted by molar-refractivity contribution is 5.98. The van der Waals surface area contributed by atoms with Crippen LogP contribution in [0.15, 0.2) is 54.1 Å². The molecule has 2 unspecified atom stereocenters. The fourth-order valence-corrected chi connectivity index (χ4v) is 4.49. The Morgan fingerprint density at radius 2 is 1.84 bits per heavy atom. The minimum atomic E-state index is -0.941. The van der Waals surface area contributed by atoms with Crippen molar-refractivity contribution in [2.45, 2.75) is 38.3 Å². The van der Waals surface area contributed by atoms with E-state index in [2.05, 4.69) is 5.32 Å². The molecule has 2 aromatic carbocycles. The third kappa shape index (κ3) is 4.99. The number of amides is 1. The van der Waals surface area contributed by atoms with Crippen LogP contribution in [0, 0.1) is 5.82 Å². The highest BCUT2D eigenvalue weighted by Gasteiger charge is 2.38. The van der Waals surface area contributed by atoms with Crippen LogP contribution in [-0.4, -0.2) is 53.7 Å². The Kier molecular flexibility index (Phi) is 6.55. The predicted molar refractivity (Wildman–Crippen MR) is 119 cm³/mol. The van der Waals surface area contributed by atoms with Gasteiger partial charge in [0.1, 0.15) is 11.6 Å². The van der Waals surface area contributed by atoms with Crippen molar-refractivity contribution in [1.29, 1.82) is 0 Å². The number of carboxylic acid groups (broad SMARTS) is 1. The molecule has 1 saturated heterocycles. The first-order valence-corrected chi connectivity index (χ1v) is 10.9. The van der Waals surface area contributed by atoms with Crippen molar-refractivity contribution in [2.24, 2.45) is 0 Å². The quantitative estimate of drug-likeness (QED) is 0.649. The molecule has 2 heterocycles. The molecule has 2 N–H and O–H groups in total. The zero-order valence-corrected chi connectivity index (χ0v) is 18.0. The third-order valence-corrected chi connectivity index (χ3v) is 6.08. The van der Waals surface area contributed by atoms with Crippen LogP contribution in [0.3, 0.4) is 0 Å². The van der Waals surface area contributed by atoms with E-state index in [1.807, 2.05) is 24.3 Å². The zero-order valence-electron chi connectivity index (χ0n) is 18.0. The summed E-state index contributed by atoms with van der Waals surface area (Å²) >= 11 is 0. The number of carboxylic acids is 1. The minimum Gasteiger partial charge on any atom is -0.494 e. The van der Waals surface area contributed by atoms with E-state index in [1.165, 1.54) is 19.1 Å². The average Bonchev–Trinajstić information content (AvgIpc) is 2.77. The molecule has 2 atom stereocenters. The maximum Gasteiger partial charge on any atom is 0.333 e. The van der Waals surface area contributed by atoms with Crippen molar-refractivity contribution in [2.75, 3.05) is 19.7 Å². The van der Waals surface area contributed by atoms with Gasteiger partial charge in [-0.05, 0) is 60.2 Å². The lowest BCUT2D eigenvalue weighted by Crippen LogP contribution is -2.61. The first-order chi connectivity index (χ1) is 15.4. The maximum absolute atomic E-state index is 12.9. The smallest absolute Gasteiger partial charge is 0.333 e. The number of benzene rings is 2. The molecule has 2 aromatic rings. The molecule has 0 saturated carbocycles. The third-order valence-electron chi connectivity index (χ3n) is 6.08. The Morgan fingerprint density at radius 1 is 1.12 bits per heavy atom. The number of aryl methyl sites for hydroxylation is 1. The van der Waals surface area contributed by atoms with Gasteiger partial charge in [-0.3, -0.25) is 4.79 Å². The summed E-state index contributed by atoms with van der Waals surface area (Å²) in [5.41, 5.74) is 3.26. The molecule has 32 heavy (non-hydrogen) atoms. The van der Waals surface area contributed by atoms with Gasteiger partial charge >= 0.3 is 5.97 Å². The fraction of sp³-hybridized carbons (Fsp3) is 0.360. The molecule has 0 spiro atoms. The molecular formula is C25H27FN2O4. The topological polar surface area (TPSA) is 78.9 Å². The Morgan fingerprint density at radius 3 is 2.50 bits per heavy atom. The van der Waals surface area contributed by atoms with Crippen molar-refractivity contribution in [3.63, 3.8) is 0 Å². The Labute approximate surface area is 186 Å². The molecule has 0 aromatic heterocycles. The van der Waals surface area contributed by atoms with E-state index in [-0.39, 0.29) is 23.8 Å². The van der Waals surface area contributed by atoms with Crippen LogP contribution in [0.5, 0.6) is 5.75 Å². The number of carbonyl (C=O) groups excluding carboxylic acids is 1. The highest BCUT2D eigenvalue weighted by atomic mass is 19.1. The fourth-order valence-electron chi connectivity index (χ4n) is 4.49. The van der Waals surface area contributed by atoms with E-state index < -0.39 is 5.97 Å². The zero-order chi connectivity index (χ0) is 22.7. The molecule has 168 valence electrons. The molecule has 2 aliphatic heterocycles. The van der Waals surface area contributed by atoms with Crippen molar-refractivity contribution >= 4 is 17.4 Å². The van der Waals surface area contributed by atoms with Crippen LogP contribution < -0.4 is 10.1 Å². The van der Waals surface area contributed by atoms with Gasteiger partial charge in [-0.1, -0.05) is 24.3 Å². The number of aliphatic carboxylic acids is 1. The lowest BCUT2D eigenvalue weighted by molar-refractivity contribution is -0.135. The number of hydrogen-bond donors (Lipinski definition) is 2. The highest BCUT2D eigenvalue weighted by Crippen LogP contribution is 2.33. The number of hydrogen-bond acceptors (Lipinski definition) is 4. The van der Waals surface area contributed by atoms with E-state index in [1.54, 1.807) is 17.0 Å². The number of rotatable bonds is 7. The Balaban J connectivity index is 1.41. The summed E-state index contributed by atoms with van der Waals surface area (Å²) in [6, 6.07) is 13.7. The summed E-state index contributed by atoms with van der Waals surface area (Å²) in [6.07, 6.45) is 2.22. The first-order valence-electron chi connectivity index (χ1n) is 10.9. The number of fused-ring (bicyclic) bond motifs is 2. The molecule has 1 amide bonds. The van der Waals surface area contributed by atoms with E-state index in [0.29, 0.717) is 37.4 Å². The molecular weight excluding hydrogens is 411 g/mol. The molecule has 2 bridgehead atoms. The summed E-state index contributed by atoms with van der Waals surface area (Å²) < 4.78 is 18.6. The van der Waals surface area contributed by atoms with Crippen molar-refractivity contribution in [1.82, 2.24) is 10.2 Å². The van der Waals surface area contributed by atoms with E-state index in [0.717, 1.165) is 29.5 Å². The number of piperazine rings is 1. The van der Waals surface area contributed by atoms with Gasteiger partial charge in [0.15, 0.2) is 0 Å². The first kappa shape index (κ1) is 22.0. The molecule has 0 aliphatic carbocycles. The number of nitrogens with one attached hydrogen (secondary N) is 1. The largest absolute Gasteiger partial charge is 0.494 e. The van der Waals surface area contributed by atoms with E-state index >= 15 is 0 Å². The molecule has 4 rings (SSSR count). The van der Waals surface area contributed by atoms with Crippen LogP contribution in [0.25, 0.3) is 5.57 Å². The van der Waals surface area contributed by atoms with Crippen LogP contribution in [0.2, 0.25) is 0 Å². The van der Waals surface area contributed by atoms with Crippen molar-refractivity contribution in [3.05, 3.63) is 71.0 Å². The lowest BCUT2D eigenvalue weighted by atomic mass is 9.83. The van der Waals surface area contributed by atoms with Gasteiger partial charge in [0.05, 0.1) is 18.2 Å². The summed E-state index contributed by atoms with van der Waals surface area (Å²) in [6.45, 7) is 3.02. The van der Waals surface area contributed by atoms with Gasteiger partial charge in [0.25, 0.3) is 0 Å². The van der Waals surface area contributed by atoms with E-state index in [9.17, 15) is 19.1 Å². The molecule has 1 fully saturated rings. The Bertz CT molecular complexity index is 1020. The van der Waals surface area contributed by atoms with Crippen LogP contribution in [-0.2, 0) is 16.0 Å². The van der Waals surface area contributed by atoms with Crippen LogP contribution in [0.4, 0.5) is 4.39 Å². The minimum absolute atomic E-state index is 0.0255. The second-order valence-corrected chi connectivity index (χ2v) is 8.34. The van der Waals surface area contributed by atoms with Gasteiger partial charge in [-0.15, -0.1) is 0 Å². The normalized spacial score (nSPS) is 20.2. The maximum atomic E-state index is 12.9. The average molecular weight is 438 g/mol. The standard InChI is InChI=1S/C25H27FN2O4/c1-16(29)28-14-20-13-22(24(25(30)31)23(15-28)27-20)18-6-4-17(5-7-18)3-2-12-32-21-10-8-19(26)9-11-21/h4-11,20,23,27H,2-3,12-15H2,1H3,(H,30,31). The van der Waals surface area contributed by atoms with Gasteiger partial charge < -0.3 is 20.1 Å². The molecule has 7 heteroatoms. The number of ether oxygens (including phenoxy) is 1. The van der Waals surface area contributed by atoms with Crippen LogP contribution in [0.1, 0.15) is 30.9 Å². The molecule has 2 aliphatic rings. The Hall–Kier alpha value is -3.19. The van der Waals surface area contributed by atoms with Crippen molar-refractivity contribution in [3.8, 4) is 5.75 Å². The number of halogens is 1. The molecule has 0 radical (unpaired) electrons. The van der Waals surface area contributed by atoms with Gasteiger partial charge in [0.2, 0.25) is 5.91 Å². The summed E-state index contributed by atoms with van der Waals surface area (Å²) in [4.78, 5) is 25.6. The predicted octanol–water partition coefficient (Wildman–Crippen LogP) is 3.27. The van der Waals surface area contributed by atoms with Crippen LogP contribution >= 0.6 is 0 Å². The molecule has 6 nitrogen and oxygen atoms in total. The van der Waals surface area contributed by atoms with Crippen molar-refractivity contribution < 1.29 is 23.8 Å². The second-order valence-electron chi connectivity index (χ2n) is 8.34. The SMILES string of the molecule is CC(=O)N1CC2CC(c3ccc(CCCOc4ccc(F)cc4)cc3)=C(C(=O)O)C(C1)N2.